The minimum Gasteiger partial charge on any atom is -0.370 e. The van der Waals surface area contributed by atoms with Crippen LogP contribution in [0.1, 0.15) is 18.5 Å². The van der Waals surface area contributed by atoms with Crippen LogP contribution in [0.2, 0.25) is 0 Å². The van der Waals surface area contributed by atoms with Gasteiger partial charge in [-0.3, -0.25) is 4.68 Å². The molecule has 0 atom stereocenters. The number of ether oxygens (including phenoxy) is 2. The summed E-state index contributed by atoms with van der Waals surface area (Å²) in [7, 11) is 0. The van der Waals surface area contributed by atoms with Gasteiger partial charge in [0, 0.05) is 25.3 Å². The van der Waals surface area contributed by atoms with Crippen molar-refractivity contribution in [1.29, 1.82) is 0 Å². The van der Waals surface area contributed by atoms with Crippen molar-refractivity contribution < 1.29 is 35.8 Å². The molecular weight excluding hydrogens is 524 g/mol. The van der Waals surface area contributed by atoms with Crippen molar-refractivity contribution in [3.8, 4) is 0 Å². The minimum atomic E-state index is -4.56. The van der Waals surface area contributed by atoms with E-state index in [4.69, 9.17) is 15.2 Å². The molecule has 0 bridgehead atoms. The van der Waals surface area contributed by atoms with Gasteiger partial charge in [-0.05, 0) is 18.9 Å². The molecule has 3 aromatic heterocycles. The van der Waals surface area contributed by atoms with Crippen LogP contribution in [0.3, 0.4) is 0 Å². The molecule has 1 saturated heterocycles. The Morgan fingerprint density at radius 3 is 2.39 bits per heavy atom. The zero-order valence-corrected chi connectivity index (χ0v) is 20.0. The molecule has 0 aliphatic carbocycles. The Bertz CT molecular complexity index is 1200. The van der Waals surface area contributed by atoms with Gasteiger partial charge in [0.1, 0.15) is 42.1 Å². The van der Waals surface area contributed by atoms with Crippen LogP contribution in [0.4, 0.5) is 43.9 Å². The van der Waals surface area contributed by atoms with Gasteiger partial charge in [0.25, 0.3) is 0 Å². The Balaban J connectivity index is 1.73. The number of rotatable bonds is 10. The average molecular weight is 549 g/mol. The highest BCUT2D eigenvalue weighted by molar-refractivity contribution is 5.90. The fourth-order valence-corrected chi connectivity index (χ4v) is 3.81. The first kappa shape index (κ1) is 27.7. The van der Waals surface area contributed by atoms with Gasteiger partial charge < -0.3 is 25.4 Å². The van der Waals surface area contributed by atoms with E-state index in [1.807, 2.05) is 4.90 Å². The number of aromatic nitrogens is 6. The summed E-state index contributed by atoms with van der Waals surface area (Å²) < 4.78 is 86.5. The van der Waals surface area contributed by atoms with Crippen LogP contribution in [-0.4, -0.2) is 81.0 Å². The van der Waals surface area contributed by atoms with Crippen LogP contribution in [0.15, 0.2) is 18.6 Å². The molecular formula is C21H25F6N9O2. The van der Waals surface area contributed by atoms with E-state index in [2.05, 4.69) is 30.4 Å². The molecule has 17 heteroatoms. The average Bonchev–Trinajstić information content (AvgIpc) is 3.19. The monoisotopic (exact) mass is 549 g/mol. The molecule has 1 aliphatic rings. The van der Waals surface area contributed by atoms with Crippen LogP contribution in [0.25, 0.3) is 11.0 Å². The lowest BCUT2D eigenvalue weighted by Gasteiger charge is -2.30. The quantitative estimate of drug-likeness (QED) is 0.288. The fraction of sp³-hybridized carbons (Fsp3) is 0.571. The molecule has 0 spiro atoms. The van der Waals surface area contributed by atoms with Crippen molar-refractivity contribution in [2.45, 2.75) is 44.4 Å². The van der Waals surface area contributed by atoms with Crippen molar-refractivity contribution >= 4 is 28.6 Å². The summed E-state index contributed by atoms with van der Waals surface area (Å²) in [6.07, 6.45) is -4.92. The molecule has 11 nitrogen and oxygen atoms in total. The maximum Gasteiger partial charge on any atom is 0.411 e. The summed E-state index contributed by atoms with van der Waals surface area (Å²) in [5.41, 5.74) is 6.48. The zero-order valence-electron chi connectivity index (χ0n) is 20.0. The second kappa shape index (κ2) is 11.6. The minimum absolute atomic E-state index is 0.0272. The van der Waals surface area contributed by atoms with E-state index in [-0.39, 0.29) is 47.7 Å². The van der Waals surface area contributed by atoms with E-state index in [1.54, 1.807) is 6.07 Å². The first-order chi connectivity index (χ1) is 18.0. The molecule has 1 aliphatic heterocycles. The van der Waals surface area contributed by atoms with Crippen molar-refractivity contribution in [3.05, 3.63) is 24.3 Å². The van der Waals surface area contributed by atoms with Gasteiger partial charge in [0.15, 0.2) is 5.82 Å². The number of alkyl halides is 6. The number of hydrogen-bond acceptors (Lipinski definition) is 10. The van der Waals surface area contributed by atoms with Crippen molar-refractivity contribution in [3.63, 3.8) is 0 Å². The molecule has 0 amide bonds. The molecule has 0 saturated carbocycles. The predicted molar refractivity (Wildman–Crippen MR) is 123 cm³/mol. The molecule has 0 radical (unpaired) electrons. The second-order valence-corrected chi connectivity index (χ2v) is 8.56. The summed E-state index contributed by atoms with van der Waals surface area (Å²) in [4.78, 5) is 19.0. The van der Waals surface area contributed by atoms with Crippen molar-refractivity contribution in [2.24, 2.45) is 5.73 Å². The number of piperidine rings is 1. The number of nitrogens with one attached hydrogen (secondary N) is 1. The van der Waals surface area contributed by atoms with Gasteiger partial charge in [-0.1, -0.05) is 0 Å². The Hall–Kier alpha value is -3.31. The zero-order chi connectivity index (χ0) is 27.3. The smallest absolute Gasteiger partial charge is 0.370 e. The van der Waals surface area contributed by atoms with Gasteiger partial charge in [-0.2, -0.15) is 36.4 Å². The van der Waals surface area contributed by atoms with Gasteiger partial charge in [0.2, 0.25) is 5.95 Å². The van der Waals surface area contributed by atoms with Crippen LogP contribution < -0.4 is 16.0 Å². The highest BCUT2D eigenvalue weighted by Gasteiger charge is 2.30. The number of nitrogens with two attached hydrogens (primary N) is 1. The first-order valence-corrected chi connectivity index (χ1v) is 11.6. The summed E-state index contributed by atoms with van der Waals surface area (Å²) in [5, 5.41) is 7.32. The highest BCUT2D eigenvalue weighted by atomic mass is 19.4. The number of hydrogen-bond donors (Lipinski definition) is 2. The van der Waals surface area contributed by atoms with Gasteiger partial charge in [-0.25, -0.2) is 15.0 Å². The Kier molecular flexibility index (Phi) is 8.47. The van der Waals surface area contributed by atoms with Crippen molar-refractivity contribution in [2.75, 3.05) is 43.1 Å². The van der Waals surface area contributed by atoms with Crippen molar-refractivity contribution in [1.82, 2.24) is 29.7 Å². The number of halogens is 6. The third-order valence-electron chi connectivity index (χ3n) is 5.51. The third kappa shape index (κ3) is 7.61. The molecule has 3 aromatic rings. The summed E-state index contributed by atoms with van der Waals surface area (Å²) in [6.45, 7) is -2.94. The maximum atomic E-state index is 12.7. The molecule has 4 heterocycles. The maximum absolute atomic E-state index is 12.7. The molecule has 38 heavy (non-hydrogen) atoms. The highest BCUT2D eigenvalue weighted by Crippen LogP contribution is 2.30. The summed E-state index contributed by atoms with van der Waals surface area (Å²) >= 11 is 0. The topological polar surface area (TPSA) is 129 Å². The van der Waals surface area contributed by atoms with Crippen LogP contribution in [-0.2, 0) is 22.6 Å². The van der Waals surface area contributed by atoms with Gasteiger partial charge in [0.05, 0.1) is 19.8 Å². The largest absolute Gasteiger partial charge is 0.411 e. The van der Waals surface area contributed by atoms with E-state index >= 15 is 0 Å². The van der Waals surface area contributed by atoms with E-state index < -0.39 is 32.2 Å². The Labute approximate surface area is 212 Å². The number of fused-ring (bicyclic) bond motifs is 1. The van der Waals surface area contributed by atoms with E-state index in [9.17, 15) is 26.3 Å². The molecule has 208 valence electrons. The third-order valence-corrected chi connectivity index (χ3v) is 5.51. The van der Waals surface area contributed by atoms with E-state index in [1.165, 1.54) is 17.2 Å². The van der Waals surface area contributed by atoms with Gasteiger partial charge >= 0.3 is 12.4 Å². The molecule has 0 aromatic carbocycles. The lowest BCUT2D eigenvalue weighted by atomic mass is 10.1. The van der Waals surface area contributed by atoms with Gasteiger partial charge in [-0.15, -0.1) is 0 Å². The lowest BCUT2D eigenvalue weighted by Crippen LogP contribution is -2.40. The predicted octanol–water partition coefficient (Wildman–Crippen LogP) is 2.95. The fourth-order valence-electron chi connectivity index (χ4n) is 3.81. The molecule has 4 rings (SSSR count). The molecule has 3 N–H and O–H groups in total. The normalized spacial score (nSPS) is 15.4. The van der Waals surface area contributed by atoms with Crippen LogP contribution in [0, 0.1) is 0 Å². The Morgan fingerprint density at radius 1 is 1.03 bits per heavy atom. The lowest BCUT2D eigenvalue weighted by molar-refractivity contribution is -0.177. The number of nitrogens with zero attached hydrogens (tertiary/aromatic N) is 7. The standard InChI is InChI=1S/C21H25F6N9O2/c22-20(23,24)10-37-8-7-36-17-16(14(34-36)9-38-11-21(25,26)27)32-19(35-5-2-13(28)3-6-35)33-18(17)31-15-1-4-29-12-30-15/h1,4,12-13H,2-3,5-11,28H2,(H,29,30,31,32,33). The van der Waals surface area contributed by atoms with Crippen LogP contribution in [0.5, 0.6) is 0 Å². The summed E-state index contributed by atoms with van der Waals surface area (Å²) in [6, 6.07) is 1.59. The molecule has 0 unspecified atom stereocenters. The first-order valence-electron chi connectivity index (χ1n) is 11.6. The van der Waals surface area contributed by atoms with Crippen LogP contribution >= 0.6 is 0 Å². The molecule has 1 fully saturated rings. The number of anilines is 3. The summed E-state index contributed by atoms with van der Waals surface area (Å²) in [5.74, 6) is 0.831. The van der Waals surface area contributed by atoms with E-state index in [0.717, 1.165) is 0 Å². The second-order valence-electron chi connectivity index (χ2n) is 8.56. The Morgan fingerprint density at radius 2 is 1.74 bits per heavy atom. The van der Waals surface area contributed by atoms with E-state index in [0.29, 0.717) is 31.7 Å². The SMILES string of the molecule is NC1CCN(c2nc(Nc3ccncn3)c3c(n2)c(COCC(F)(F)F)nn3CCOCC(F)(F)F)CC1.